The molecule has 0 bridgehead atoms. The van der Waals surface area contributed by atoms with Crippen molar-refractivity contribution in [1.29, 1.82) is 0 Å². The molecular weight excluding hydrogens is 292 g/mol. The van der Waals surface area contributed by atoms with Crippen molar-refractivity contribution in [3.8, 4) is 5.75 Å². The van der Waals surface area contributed by atoms with E-state index in [0.29, 0.717) is 24.6 Å². The zero-order chi connectivity index (χ0) is 15.3. The summed E-state index contributed by atoms with van der Waals surface area (Å²) in [5.74, 6) is 0.675. The van der Waals surface area contributed by atoms with Crippen molar-refractivity contribution in [2.24, 2.45) is 0 Å². The van der Waals surface area contributed by atoms with E-state index in [2.05, 4.69) is 20.2 Å². The van der Waals surface area contributed by atoms with E-state index in [1.807, 2.05) is 6.92 Å². The van der Waals surface area contributed by atoms with Gasteiger partial charge in [-0.15, -0.1) is 0 Å². The lowest BCUT2D eigenvalue weighted by Gasteiger charge is -2.12. The van der Waals surface area contributed by atoms with Crippen LogP contribution in [-0.2, 0) is 16.6 Å². The van der Waals surface area contributed by atoms with Gasteiger partial charge in [0.05, 0.1) is 23.4 Å². The summed E-state index contributed by atoms with van der Waals surface area (Å²) in [4.78, 5) is 0.178. The van der Waals surface area contributed by atoms with E-state index in [1.54, 1.807) is 19.2 Å². The molecule has 8 heteroatoms. The second kappa shape index (κ2) is 6.59. The summed E-state index contributed by atoms with van der Waals surface area (Å²) >= 11 is 0. The zero-order valence-electron chi connectivity index (χ0n) is 11.9. The predicted molar refractivity (Wildman–Crippen MR) is 79.8 cm³/mol. The first kappa shape index (κ1) is 15.3. The minimum Gasteiger partial charge on any atom is -0.494 e. The second-order valence-corrected chi connectivity index (χ2v) is 6.01. The number of H-pyrrole nitrogens is 1. The lowest BCUT2D eigenvalue weighted by molar-refractivity contribution is 0.335. The molecule has 0 radical (unpaired) electrons. The number of rotatable bonds is 7. The maximum absolute atomic E-state index is 12.3. The van der Waals surface area contributed by atoms with Gasteiger partial charge in [0.25, 0.3) is 10.0 Å². The van der Waals surface area contributed by atoms with Gasteiger partial charge in [0.2, 0.25) is 0 Å². The molecule has 1 heterocycles. The van der Waals surface area contributed by atoms with Crippen LogP contribution in [0.2, 0.25) is 0 Å². The van der Waals surface area contributed by atoms with Gasteiger partial charge in [-0.05, 0) is 32.2 Å². The molecule has 1 aromatic heterocycles. The third-order valence-corrected chi connectivity index (χ3v) is 4.14. The number of sulfonamides is 1. The van der Waals surface area contributed by atoms with E-state index < -0.39 is 10.0 Å². The topological polar surface area (TPSA) is 96.1 Å². The number of aromatic nitrogens is 2. The van der Waals surface area contributed by atoms with Crippen molar-refractivity contribution in [3.63, 3.8) is 0 Å². The number of aromatic amines is 1. The number of anilines is 1. The highest BCUT2D eigenvalue weighted by Gasteiger charge is 2.17. The fraction of sp³-hybridized carbons (Fsp3) is 0.308. The summed E-state index contributed by atoms with van der Waals surface area (Å²) in [5.41, 5.74) is 1.17. The van der Waals surface area contributed by atoms with E-state index in [0.717, 1.165) is 5.56 Å². The molecule has 0 spiro atoms. The van der Waals surface area contributed by atoms with Crippen LogP contribution in [-0.4, -0.2) is 32.3 Å². The second-order valence-electron chi connectivity index (χ2n) is 4.33. The molecule has 0 atom stereocenters. The maximum atomic E-state index is 12.3. The van der Waals surface area contributed by atoms with Crippen LogP contribution in [0, 0.1) is 0 Å². The Hall–Kier alpha value is -2.06. The number of benzene rings is 1. The molecule has 0 aliphatic rings. The van der Waals surface area contributed by atoms with Crippen LogP contribution in [0.15, 0.2) is 35.5 Å². The van der Waals surface area contributed by atoms with Crippen LogP contribution >= 0.6 is 0 Å². The first-order chi connectivity index (χ1) is 10.1. The lowest BCUT2D eigenvalue weighted by Crippen LogP contribution is -2.14. The minimum absolute atomic E-state index is 0.178. The van der Waals surface area contributed by atoms with Gasteiger partial charge in [-0.2, -0.15) is 5.10 Å². The molecule has 0 saturated carbocycles. The Balaban J connectivity index is 2.32. The Morgan fingerprint density at radius 1 is 1.38 bits per heavy atom. The summed E-state index contributed by atoms with van der Waals surface area (Å²) in [6.07, 6.45) is 2.88. The molecule has 7 nitrogen and oxygen atoms in total. The van der Waals surface area contributed by atoms with Crippen LogP contribution in [0.3, 0.4) is 0 Å². The number of nitrogens with zero attached hydrogens (tertiary/aromatic N) is 1. The van der Waals surface area contributed by atoms with Crippen molar-refractivity contribution < 1.29 is 13.2 Å². The first-order valence-electron chi connectivity index (χ1n) is 6.48. The van der Waals surface area contributed by atoms with E-state index in [1.165, 1.54) is 18.5 Å². The van der Waals surface area contributed by atoms with Crippen molar-refractivity contribution in [1.82, 2.24) is 15.5 Å². The molecule has 3 N–H and O–H groups in total. The maximum Gasteiger partial charge on any atom is 0.262 e. The smallest absolute Gasteiger partial charge is 0.262 e. The van der Waals surface area contributed by atoms with Crippen LogP contribution in [0.1, 0.15) is 12.5 Å². The Bertz CT molecular complexity index is 683. The molecule has 2 aromatic rings. The molecule has 0 aliphatic heterocycles. The molecule has 0 aliphatic carbocycles. The van der Waals surface area contributed by atoms with E-state index in [-0.39, 0.29) is 4.90 Å². The third kappa shape index (κ3) is 3.73. The van der Waals surface area contributed by atoms with Crippen LogP contribution in [0.25, 0.3) is 0 Å². The summed E-state index contributed by atoms with van der Waals surface area (Å²) in [6.45, 7) is 2.93. The molecule has 2 rings (SSSR count). The highest BCUT2D eigenvalue weighted by atomic mass is 32.2. The van der Waals surface area contributed by atoms with Gasteiger partial charge in [0, 0.05) is 18.3 Å². The van der Waals surface area contributed by atoms with Crippen LogP contribution in [0.4, 0.5) is 5.69 Å². The minimum atomic E-state index is -3.65. The molecule has 0 unspecified atom stereocenters. The van der Waals surface area contributed by atoms with Crippen molar-refractivity contribution in [3.05, 3.63) is 36.2 Å². The standard InChI is InChI=1S/C13H18N4O3S/c1-3-20-13-5-4-12(6-10(13)7-14-2)21(18,19)17-11-8-15-16-9-11/h4-6,8-9,14,17H,3,7H2,1-2H3,(H,15,16). The molecule has 21 heavy (non-hydrogen) atoms. The Kier molecular flexibility index (Phi) is 4.81. The van der Waals surface area contributed by atoms with Crippen molar-refractivity contribution in [2.75, 3.05) is 18.4 Å². The first-order valence-corrected chi connectivity index (χ1v) is 7.97. The van der Waals surface area contributed by atoms with Gasteiger partial charge < -0.3 is 10.1 Å². The average molecular weight is 310 g/mol. The van der Waals surface area contributed by atoms with Gasteiger partial charge in [-0.1, -0.05) is 0 Å². The monoisotopic (exact) mass is 310 g/mol. The van der Waals surface area contributed by atoms with Crippen LogP contribution < -0.4 is 14.8 Å². The van der Waals surface area contributed by atoms with Gasteiger partial charge in [0.1, 0.15) is 5.75 Å². The average Bonchev–Trinajstić information content (AvgIpc) is 2.93. The van der Waals surface area contributed by atoms with Crippen molar-refractivity contribution in [2.45, 2.75) is 18.4 Å². The fourth-order valence-corrected chi connectivity index (χ4v) is 2.95. The Morgan fingerprint density at radius 3 is 2.81 bits per heavy atom. The SMILES string of the molecule is CCOc1ccc(S(=O)(=O)Nc2cn[nH]c2)cc1CNC. The third-order valence-electron chi connectivity index (χ3n) is 2.76. The highest BCUT2D eigenvalue weighted by molar-refractivity contribution is 7.92. The summed E-state index contributed by atoms with van der Waals surface area (Å²) in [6, 6.07) is 4.79. The molecule has 114 valence electrons. The number of nitrogens with one attached hydrogen (secondary N) is 3. The summed E-state index contributed by atoms with van der Waals surface area (Å²) in [7, 11) is -1.86. The normalized spacial score (nSPS) is 11.3. The number of hydrogen-bond acceptors (Lipinski definition) is 5. The molecule has 1 aromatic carbocycles. The summed E-state index contributed by atoms with van der Waals surface area (Å²) in [5, 5.41) is 9.25. The van der Waals surface area contributed by atoms with E-state index in [4.69, 9.17) is 4.74 Å². The van der Waals surface area contributed by atoms with Gasteiger partial charge >= 0.3 is 0 Å². The number of ether oxygens (including phenoxy) is 1. The molecule has 0 saturated heterocycles. The van der Waals surface area contributed by atoms with Gasteiger partial charge in [-0.3, -0.25) is 9.82 Å². The fourth-order valence-electron chi connectivity index (χ4n) is 1.87. The molecule has 0 fully saturated rings. The predicted octanol–water partition coefficient (Wildman–Crippen LogP) is 1.33. The molecule has 0 amide bonds. The van der Waals surface area contributed by atoms with Crippen molar-refractivity contribution >= 4 is 15.7 Å². The Morgan fingerprint density at radius 2 is 2.19 bits per heavy atom. The zero-order valence-corrected chi connectivity index (χ0v) is 12.7. The number of hydrogen-bond donors (Lipinski definition) is 3. The van der Waals surface area contributed by atoms with E-state index >= 15 is 0 Å². The Labute approximate surface area is 123 Å². The highest BCUT2D eigenvalue weighted by Crippen LogP contribution is 2.24. The summed E-state index contributed by atoms with van der Waals surface area (Å²) < 4.78 is 32.6. The largest absolute Gasteiger partial charge is 0.494 e. The van der Waals surface area contributed by atoms with E-state index in [9.17, 15) is 8.42 Å². The van der Waals surface area contributed by atoms with Gasteiger partial charge in [0.15, 0.2) is 0 Å². The lowest BCUT2D eigenvalue weighted by atomic mass is 10.2. The quantitative estimate of drug-likeness (QED) is 0.717. The molecular formula is C13H18N4O3S. The van der Waals surface area contributed by atoms with Crippen LogP contribution in [0.5, 0.6) is 5.75 Å². The van der Waals surface area contributed by atoms with Gasteiger partial charge in [-0.25, -0.2) is 8.42 Å².